The summed E-state index contributed by atoms with van der Waals surface area (Å²) in [7, 11) is 0. The average molecular weight is 193 g/mol. The van der Waals surface area contributed by atoms with Gasteiger partial charge in [0.05, 0.1) is 12.0 Å². The van der Waals surface area contributed by atoms with Crippen molar-refractivity contribution in [3.63, 3.8) is 0 Å². The van der Waals surface area contributed by atoms with E-state index in [4.69, 9.17) is 5.73 Å². The van der Waals surface area contributed by atoms with E-state index >= 15 is 0 Å². The molecule has 0 saturated heterocycles. The van der Waals surface area contributed by atoms with Crippen molar-refractivity contribution >= 4 is 5.78 Å². The summed E-state index contributed by atoms with van der Waals surface area (Å²) < 4.78 is 0. The van der Waals surface area contributed by atoms with Gasteiger partial charge >= 0.3 is 0 Å². The number of ketones is 1. The Balaban J connectivity index is 2.61. The fraction of sp³-hybridized carbons (Fsp3) is 0.750. The first-order chi connectivity index (χ1) is 6.58. The molecule has 0 aromatic rings. The van der Waals surface area contributed by atoms with Crippen molar-refractivity contribution in [2.45, 2.75) is 51.5 Å². The fourth-order valence-corrected chi connectivity index (χ4v) is 2.19. The summed E-state index contributed by atoms with van der Waals surface area (Å²) in [4.78, 5) is 11.8. The van der Waals surface area contributed by atoms with E-state index in [2.05, 4.69) is 18.8 Å². The minimum absolute atomic E-state index is 0.124. The molecule has 2 unspecified atom stereocenters. The maximum Gasteiger partial charge on any atom is 0.164 e. The summed E-state index contributed by atoms with van der Waals surface area (Å²) >= 11 is 0. The van der Waals surface area contributed by atoms with Crippen molar-refractivity contribution in [2.24, 2.45) is 11.7 Å². The van der Waals surface area contributed by atoms with Crippen molar-refractivity contribution in [1.29, 1.82) is 0 Å². The third-order valence-corrected chi connectivity index (χ3v) is 3.01. The molecule has 0 amide bonds. The molecule has 1 fully saturated rings. The van der Waals surface area contributed by atoms with Crippen LogP contribution < -0.4 is 5.73 Å². The summed E-state index contributed by atoms with van der Waals surface area (Å²) in [5.74, 6) is 6.25. The fourth-order valence-electron chi connectivity index (χ4n) is 2.19. The number of carbonyl (C=O) groups excluding carboxylic acids is 1. The largest absolute Gasteiger partial charge is 0.319 e. The highest BCUT2D eigenvalue weighted by molar-refractivity contribution is 5.90. The van der Waals surface area contributed by atoms with E-state index in [-0.39, 0.29) is 5.78 Å². The molecule has 0 bridgehead atoms. The molecule has 2 heteroatoms. The zero-order valence-electron chi connectivity index (χ0n) is 9.10. The molecule has 0 aromatic heterocycles. The number of rotatable bonds is 2. The van der Waals surface area contributed by atoms with Gasteiger partial charge in [-0.1, -0.05) is 25.7 Å². The molecule has 2 N–H and O–H groups in total. The lowest BCUT2D eigenvalue weighted by molar-refractivity contribution is -0.124. The maximum absolute atomic E-state index is 11.8. The molecule has 2 nitrogen and oxygen atoms in total. The molecule has 1 aliphatic carbocycles. The molecular weight excluding hydrogens is 174 g/mol. The lowest BCUT2D eigenvalue weighted by atomic mass is 9.74. The minimum atomic E-state index is -0.582. The van der Waals surface area contributed by atoms with Crippen LogP contribution in [0.4, 0.5) is 0 Å². The second kappa shape index (κ2) is 4.61. The number of hydrogen-bond donors (Lipinski definition) is 1. The Morgan fingerprint density at radius 3 is 2.93 bits per heavy atom. The molecule has 0 aromatic carbocycles. The third kappa shape index (κ3) is 2.59. The van der Waals surface area contributed by atoms with Gasteiger partial charge in [0.15, 0.2) is 5.78 Å². The topological polar surface area (TPSA) is 43.1 Å². The van der Waals surface area contributed by atoms with Crippen molar-refractivity contribution in [2.75, 3.05) is 0 Å². The van der Waals surface area contributed by atoms with E-state index in [0.717, 1.165) is 19.3 Å². The predicted octanol–water partition coefficient (Wildman–Crippen LogP) is 1.88. The highest BCUT2D eigenvalue weighted by Gasteiger charge is 2.36. The zero-order chi connectivity index (χ0) is 10.6. The second-order valence-corrected chi connectivity index (χ2v) is 4.38. The van der Waals surface area contributed by atoms with Crippen LogP contribution in [0, 0.1) is 17.8 Å². The monoisotopic (exact) mass is 193 g/mol. The maximum atomic E-state index is 11.8. The molecule has 0 heterocycles. The summed E-state index contributed by atoms with van der Waals surface area (Å²) in [6, 6.07) is 0. The Morgan fingerprint density at radius 1 is 1.64 bits per heavy atom. The molecule has 0 radical (unpaired) electrons. The van der Waals surface area contributed by atoms with E-state index in [1.807, 2.05) is 0 Å². The quantitative estimate of drug-likeness (QED) is 0.680. The average Bonchev–Trinajstić information content (AvgIpc) is 2.13. The standard InChI is InChI=1S/C12H19NO/c1-3-4-7-11(14)12(13)8-5-6-10(2)9-12/h10H,5-9,13H2,1-2H3. The van der Waals surface area contributed by atoms with Gasteiger partial charge in [-0.2, -0.15) is 0 Å². The van der Waals surface area contributed by atoms with Crippen LogP contribution >= 0.6 is 0 Å². The Bertz CT molecular complexity index is 274. The van der Waals surface area contributed by atoms with Crippen molar-refractivity contribution < 1.29 is 4.79 Å². The van der Waals surface area contributed by atoms with E-state index in [1.165, 1.54) is 6.42 Å². The Hall–Kier alpha value is -0.810. The molecule has 0 spiro atoms. The molecule has 1 saturated carbocycles. The van der Waals surface area contributed by atoms with Crippen LogP contribution in [0.5, 0.6) is 0 Å². The number of Topliss-reactive ketones (excluding diaryl/α,β-unsaturated/α-hetero) is 1. The summed E-state index contributed by atoms with van der Waals surface area (Å²) in [6.45, 7) is 3.92. The molecular formula is C12H19NO. The smallest absolute Gasteiger partial charge is 0.164 e. The van der Waals surface area contributed by atoms with Crippen LogP contribution in [0.15, 0.2) is 0 Å². The number of hydrogen-bond acceptors (Lipinski definition) is 2. The van der Waals surface area contributed by atoms with Crippen LogP contribution in [0.2, 0.25) is 0 Å². The van der Waals surface area contributed by atoms with Crippen molar-refractivity contribution in [3.8, 4) is 11.8 Å². The Kier molecular flexibility index (Phi) is 3.71. The lowest BCUT2D eigenvalue weighted by Crippen LogP contribution is -2.50. The first kappa shape index (κ1) is 11.3. The van der Waals surface area contributed by atoms with Gasteiger partial charge in [0.2, 0.25) is 0 Å². The second-order valence-electron chi connectivity index (χ2n) is 4.38. The first-order valence-corrected chi connectivity index (χ1v) is 5.30. The Labute approximate surface area is 86.2 Å². The van der Waals surface area contributed by atoms with Crippen LogP contribution in [0.25, 0.3) is 0 Å². The molecule has 2 atom stereocenters. The van der Waals surface area contributed by atoms with Gasteiger partial charge in [0.1, 0.15) is 0 Å². The van der Waals surface area contributed by atoms with Crippen molar-refractivity contribution in [3.05, 3.63) is 0 Å². The van der Waals surface area contributed by atoms with E-state index < -0.39 is 5.54 Å². The van der Waals surface area contributed by atoms with Gasteiger partial charge in [-0.25, -0.2) is 0 Å². The number of carbonyl (C=O) groups is 1. The van der Waals surface area contributed by atoms with E-state index in [1.54, 1.807) is 6.92 Å². The third-order valence-electron chi connectivity index (χ3n) is 3.01. The van der Waals surface area contributed by atoms with E-state index in [0.29, 0.717) is 12.3 Å². The number of nitrogens with two attached hydrogens (primary N) is 1. The van der Waals surface area contributed by atoms with Gasteiger partial charge in [-0.05, 0) is 25.7 Å². The SMILES string of the molecule is CC#CCC(=O)C1(N)CCCC(C)C1. The van der Waals surface area contributed by atoms with Gasteiger partial charge in [-0.3, -0.25) is 4.79 Å². The summed E-state index contributed by atoms with van der Waals surface area (Å²) in [5, 5.41) is 0. The predicted molar refractivity (Wildman–Crippen MR) is 57.6 cm³/mol. The van der Waals surface area contributed by atoms with Gasteiger partial charge in [-0.15, -0.1) is 5.92 Å². The Morgan fingerprint density at radius 2 is 2.36 bits per heavy atom. The van der Waals surface area contributed by atoms with Gasteiger partial charge in [0, 0.05) is 0 Å². The normalized spacial score (nSPS) is 31.8. The summed E-state index contributed by atoms with van der Waals surface area (Å²) in [6.07, 6.45) is 4.26. The van der Waals surface area contributed by atoms with Crippen LogP contribution in [0.3, 0.4) is 0 Å². The molecule has 0 aliphatic heterocycles. The van der Waals surface area contributed by atoms with Crippen LogP contribution in [0.1, 0.15) is 46.0 Å². The molecule has 14 heavy (non-hydrogen) atoms. The lowest BCUT2D eigenvalue weighted by Gasteiger charge is -2.34. The first-order valence-electron chi connectivity index (χ1n) is 5.30. The highest BCUT2D eigenvalue weighted by Crippen LogP contribution is 2.31. The molecule has 1 rings (SSSR count). The highest BCUT2D eigenvalue weighted by atomic mass is 16.1. The van der Waals surface area contributed by atoms with Crippen molar-refractivity contribution in [1.82, 2.24) is 0 Å². The van der Waals surface area contributed by atoms with Crippen LogP contribution in [-0.2, 0) is 4.79 Å². The van der Waals surface area contributed by atoms with E-state index in [9.17, 15) is 4.79 Å². The minimum Gasteiger partial charge on any atom is -0.319 e. The zero-order valence-corrected chi connectivity index (χ0v) is 9.10. The summed E-state index contributed by atoms with van der Waals surface area (Å²) in [5.41, 5.74) is 5.53. The van der Waals surface area contributed by atoms with Crippen LogP contribution in [-0.4, -0.2) is 11.3 Å². The molecule has 1 aliphatic rings. The van der Waals surface area contributed by atoms with Gasteiger partial charge in [0.25, 0.3) is 0 Å². The van der Waals surface area contributed by atoms with Gasteiger partial charge < -0.3 is 5.73 Å². The molecule has 78 valence electrons.